The summed E-state index contributed by atoms with van der Waals surface area (Å²) in [6, 6.07) is -0.133. The van der Waals surface area contributed by atoms with Crippen LogP contribution in [0.15, 0.2) is 0 Å². The highest BCUT2D eigenvalue weighted by Gasteiger charge is 2.29. The molecule has 0 aliphatic carbocycles. The quantitative estimate of drug-likeness (QED) is 0.629. The summed E-state index contributed by atoms with van der Waals surface area (Å²) in [5.74, 6) is 0.0671. The summed E-state index contributed by atoms with van der Waals surface area (Å²) in [4.78, 5) is 27.7. The van der Waals surface area contributed by atoms with Gasteiger partial charge in [-0.05, 0) is 39.2 Å². The van der Waals surface area contributed by atoms with Gasteiger partial charge in [-0.15, -0.1) is 0 Å². The van der Waals surface area contributed by atoms with Crippen molar-refractivity contribution in [1.82, 2.24) is 15.1 Å². The molecule has 1 rings (SSSR count). The van der Waals surface area contributed by atoms with E-state index in [0.717, 1.165) is 45.3 Å². The molecule has 1 fully saturated rings. The Bertz CT molecular complexity index is 336. The smallest absolute Gasteiger partial charge is 0.241 e. The lowest BCUT2D eigenvalue weighted by molar-refractivity contribution is -0.142. The monoisotopic (exact) mass is 299 g/mol. The van der Waals surface area contributed by atoms with Crippen LogP contribution in [-0.2, 0) is 14.3 Å². The Hall–Kier alpha value is -1.14. The maximum atomic E-state index is 12.2. The highest BCUT2D eigenvalue weighted by molar-refractivity contribution is 5.88. The molecule has 0 unspecified atom stereocenters. The summed E-state index contributed by atoms with van der Waals surface area (Å²) >= 11 is 0. The third-order valence-corrected chi connectivity index (χ3v) is 3.97. The Morgan fingerprint density at radius 3 is 2.86 bits per heavy atom. The number of likely N-dealkylation sites (tertiary alicyclic amines) is 1. The number of likely N-dealkylation sites (N-methyl/N-ethyl adjacent to an activating group) is 2. The van der Waals surface area contributed by atoms with Crippen LogP contribution in [0.1, 0.15) is 32.1 Å². The Kier molecular flexibility index (Phi) is 8.30. The maximum Gasteiger partial charge on any atom is 0.241 e. The largest absolute Gasteiger partial charge is 0.385 e. The van der Waals surface area contributed by atoms with Gasteiger partial charge in [0.05, 0.1) is 12.6 Å². The second-order valence-electron chi connectivity index (χ2n) is 5.61. The molecule has 0 aromatic heterocycles. The van der Waals surface area contributed by atoms with Crippen molar-refractivity contribution in [3.8, 4) is 0 Å². The fraction of sp³-hybridized carbons (Fsp3) is 0.867. The van der Waals surface area contributed by atoms with Crippen molar-refractivity contribution >= 4 is 11.8 Å². The van der Waals surface area contributed by atoms with Crippen LogP contribution in [0.5, 0.6) is 0 Å². The van der Waals surface area contributed by atoms with Gasteiger partial charge in [0, 0.05) is 33.9 Å². The Morgan fingerprint density at radius 1 is 1.43 bits per heavy atom. The van der Waals surface area contributed by atoms with Crippen molar-refractivity contribution in [3.63, 3.8) is 0 Å². The molecule has 0 radical (unpaired) electrons. The molecule has 1 atom stereocenters. The molecule has 21 heavy (non-hydrogen) atoms. The molecule has 122 valence electrons. The molecule has 1 aliphatic heterocycles. The van der Waals surface area contributed by atoms with E-state index in [1.807, 2.05) is 7.05 Å². The summed E-state index contributed by atoms with van der Waals surface area (Å²) in [5, 5.41) is 3.01. The number of piperidine rings is 1. The van der Waals surface area contributed by atoms with Crippen molar-refractivity contribution in [2.45, 2.75) is 38.1 Å². The van der Waals surface area contributed by atoms with Gasteiger partial charge in [0.25, 0.3) is 0 Å². The molecule has 1 heterocycles. The van der Waals surface area contributed by atoms with E-state index in [-0.39, 0.29) is 24.4 Å². The Labute approximate surface area is 127 Å². The lowest BCUT2D eigenvalue weighted by Crippen LogP contribution is -2.52. The van der Waals surface area contributed by atoms with Gasteiger partial charge in [-0.25, -0.2) is 0 Å². The average molecular weight is 299 g/mol. The lowest BCUT2D eigenvalue weighted by Gasteiger charge is -2.32. The topological polar surface area (TPSA) is 61.9 Å². The van der Waals surface area contributed by atoms with Crippen LogP contribution in [0.4, 0.5) is 0 Å². The summed E-state index contributed by atoms with van der Waals surface area (Å²) in [6.45, 7) is 2.39. The fourth-order valence-electron chi connectivity index (χ4n) is 2.55. The van der Waals surface area contributed by atoms with Crippen LogP contribution in [0.3, 0.4) is 0 Å². The van der Waals surface area contributed by atoms with E-state index in [2.05, 4.69) is 5.32 Å². The number of rotatable bonds is 9. The van der Waals surface area contributed by atoms with Gasteiger partial charge >= 0.3 is 0 Å². The molecule has 0 bridgehead atoms. The molecule has 0 aromatic carbocycles. The summed E-state index contributed by atoms with van der Waals surface area (Å²) in [6.07, 6.45) is 4.85. The van der Waals surface area contributed by atoms with Crippen LogP contribution >= 0.6 is 0 Å². The standard InChI is InChI=1S/C15H29N3O3/c1-16-13-8-7-10-18(15(13)20)12-14(19)17(2)9-5-4-6-11-21-3/h13,16H,4-12H2,1-3H3/t13-/m0/s1. The summed E-state index contributed by atoms with van der Waals surface area (Å²) in [7, 11) is 5.30. The first-order valence-corrected chi connectivity index (χ1v) is 7.79. The van der Waals surface area contributed by atoms with Crippen molar-refractivity contribution in [2.24, 2.45) is 0 Å². The SMILES string of the molecule is CN[C@H]1CCCN(CC(=O)N(C)CCCCCOC)C1=O. The molecule has 0 spiro atoms. The van der Waals surface area contributed by atoms with E-state index in [1.165, 1.54) is 0 Å². The Balaban J connectivity index is 2.29. The normalized spacial score (nSPS) is 18.9. The minimum Gasteiger partial charge on any atom is -0.385 e. The number of amides is 2. The second kappa shape index (κ2) is 9.73. The van der Waals surface area contributed by atoms with Gasteiger partial charge in [0.15, 0.2) is 0 Å². The number of carbonyl (C=O) groups is 2. The Morgan fingerprint density at radius 2 is 2.19 bits per heavy atom. The minimum absolute atomic E-state index is 0.0202. The van der Waals surface area contributed by atoms with Crippen LogP contribution in [0.25, 0.3) is 0 Å². The lowest BCUT2D eigenvalue weighted by atomic mass is 10.1. The number of unbranched alkanes of at least 4 members (excludes halogenated alkanes) is 2. The zero-order valence-corrected chi connectivity index (χ0v) is 13.6. The zero-order valence-electron chi connectivity index (χ0n) is 13.6. The number of carbonyl (C=O) groups excluding carboxylic acids is 2. The molecule has 6 nitrogen and oxygen atoms in total. The molecule has 0 saturated carbocycles. The number of nitrogens with zero attached hydrogens (tertiary/aromatic N) is 2. The number of nitrogens with one attached hydrogen (secondary N) is 1. The first-order chi connectivity index (χ1) is 10.1. The predicted octanol–water partition coefficient (Wildman–Crippen LogP) is 0.472. The van der Waals surface area contributed by atoms with E-state index in [9.17, 15) is 9.59 Å². The number of hydrogen-bond donors (Lipinski definition) is 1. The molecule has 1 aliphatic rings. The van der Waals surface area contributed by atoms with E-state index in [4.69, 9.17) is 4.74 Å². The van der Waals surface area contributed by atoms with Crippen LogP contribution in [0.2, 0.25) is 0 Å². The van der Waals surface area contributed by atoms with Gasteiger partial charge in [-0.3, -0.25) is 9.59 Å². The summed E-state index contributed by atoms with van der Waals surface area (Å²) < 4.78 is 5.00. The molecule has 0 aromatic rings. The van der Waals surface area contributed by atoms with E-state index in [0.29, 0.717) is 6.54 Å². The highest BCUT2D eigenvalue weighted by Crippen LogP contribution is 2.11. The van der Waals surface area contributed by atoms with E-state index >= 15 is 0 Å². The van der Waals surface area contributed by atoms with Gasteiger partial charge in [0.1, 0.15) is 0 Å². The van der Waals surface area contributed by atoms with Crippen LogP contribution in [0, 0.1) is 0 Å². The van der Waals surface area contributed by atoms with Crippen molar-refractivity contribution in [3.05, 3.63) is 0 Å². The number of ether oxygens (including phenoxy) is 1. The van der Waals surface area contributed by atoms with Gasteiger partial charge in [-0.2, -0.15) is 0 Å². The van der Waals surface area contributed by atoms with Gasteiger partial charge < -0.3 is 19.9 Å². The van der Waals surface area contributed by atoms with Gasteiger partial charge in [0.2, 0.25) is 11.8 Å². The average Bonchev–Trinajstić information content (AvgIpc) is 2.48. The first kappa shape index (κ1) is 17.9. The maximum absolute atomic E-state index is 12.2. The van der Waals surface area contributed by atoms with Crippen molar-refractivity contribution in [1.29, 1.82) is 0 Å². The third kappa shape index (κ3) is 6.01. The fourth-order valence-corrected chi connectivity index (χ4v) is 2.55. The van der Waals surface area contributed by atoms with Gasteiger partial charge in [-0.1, -0.05) is 0 Å². The number of methoxy groups -OCH3 is 1. The van der Waals surface area contributed by atoms with Crippen LogP contribution < -0.4 is 5.32 Å². The molecule has 1 N–H and O–H groups in total. The zero-order chi connectivity index (χ0) is 15.7. The third-order valence-electron chi connectivity index (χ3n) is 3.97. The molecular formula is C15H29N3O3. The number of hydrogen-bond acceptors (Lipinski definition) is 4. The molecule has 2 amide bonds. The van der Waals surface area contributed by atoms with E-state index in [1.54, 1.807) is 24.0 Å². The molecular weight excluding hydrogens is 270 g/mol. The highest BCUT2D eigenvalue weighted by atomic mass is 16.5. The summed E-state index contributed by atoms with van der Waals surface area (Å²) in [5.41, 5.74) is 0. The second-order valence-corrected chi connectivity index (χ2v) is 5.61. The van der Waals surface area contributed by atoms with Crippen LogP contribution in [-0.4, -0.2) is 75.1 Å². The van der Waals surface area contributed by atoms with Crippen molar-refractivity contribution in [2.75, 3.05) is 47.4 Å². The van der Waals surface area contributed by atoms with E-state index < -0.39 is 0 Å². The predicted molar refractivity (Wildman–Crippen MR) is 82.0 cm³/mol. The minimum atomic E-state index is -0.133. The molecule has 1 saturated heterocycles. The molecule has 6 heteroatoms. The first-order valence-electron chi connectivity index (χ1n) is 7.79. The van der Waals surface area contributed by atoms with Crippen molar-refractivity contribution < 1.29 is 14.3 Å².